The van der Waals surface area contributed by atoms with E-state index in [1.807, 2.05) is 0 Å². The van der Waals surface area contributed by atoms with E-state index in [2.05, 4.69) is 10.3 Å². The van der Waals surface area contributed by atoms with Gasteiger partial charge in [-0.05, 0) is 43.7 Å². The number of anilines is 3. The summed E-state index contributed by atoms with van der Waals surface area (Å²) in [5, 5.41) is 3.42. The van der Waals surface area contributed by atoms with E-state index in [1.165, 1.54) is 6.07 Å². The lowest BCUT2D eigenvalue weighted by atomic mass is 10.2. The Bertz CT molecular complexity index is 599. The first-order chi connectivity index (χ1) is 8.47. The van der Waals surface area contributed by atoms with Crippen molar-refractivity contribution >= 4 is 28.8 Å². The molecule has 1 heterocycles. The molecule has 0 atom stereocenters. The predicted octanol–water partition coefficient (Wildman–Crippen LogP) is 3.82. The number of aryl methyl sites for hydroxylation is 2. The maximum absolute atomic E-state index is 13.5. The van der Waals surface area contributed by atoms with Gasteiger partial charge in [0, 0.05) is 0 Å². The number of pyridine rings is 1. The predicted molar refractivity (Wildman–Crippen MR) is 72.8 cm³/mol. The summed E-state index contributed by atoms with van der Waals surface area (Å²) in [6.07, 6.45) is 0. The molecule has 2 aromatic rings. The summed E-state index contributed by atoms with van der Waals surface area (Å²) in [6, 6.07) is 6.38. The molecule has 0 aliphatic heterocycles. The fraction of sp³-hybridized carbons (Fsp3) is 0.154. The lowest BCUT2D eigenvalue weighted by Gasteiger charge is -2.10. The summed E-state index contributed by atoms with van der Waals surface area (Å²) < 4.78 is 13.5. The van der Waals surface area contributed by atoms with Crippen molar-refractivity contribution in [1.82, 2.24) is 4.98 Å². The molecule has 0 spiro atoms. The second kappa shape index (κ2) is 4.82. The van der Waals surface area contributed by atoms with Gasteiger partial charge < -0.3 is 11.1 Å². The van der Waals surface area contributed by atoms with E-state index in [9.17, 15) is 4.39 Å². The third-order valence-corrected chi connectivity index (χ3v) is 2.95. The molecule has 2 rings (SSSR count). The lowest BCUT2D eigenvalue weighted by molar-refractivity contribution is 0.619. The van der Waals surface area contributed by atoms with Gasteiger partial charge in [0.25, 0.3) is 0 Å². The van der Waals surface area contributed by atoms with Crippen LogP contribution in [-0.4, -0.2) is 4.98 Å². The number of halogens is 2. The molecule has 0 saturated heterocycles. The zero-order chi connectivity index (χ0) is 13.3. The molecule has 94 valence electrons. The van der Waals surface area contributed by atoms with Crippen LogP contribution in [0, 0.1) is 19.7 Å². The van der Waals surface area contributed by atoms with Crippen LogP contribution in [0.4, 0.5) is 21.6 Å². The van der Waals surface area contributed by atoms with Crippen molar-refractivity contribution in [2.24, 2.45) is 0 Å². The van der Waals surface area contributed by atoms with Gasteiger partial charge in [0.1, 0.15) is 11.6 Å². The van der Waals surface area contributed by atoms with Gasteiger partial charge in [-0.15, -0.1) is 0 Å². The van der Waals surface area contributed by atoms with E-state index in [1.54, 1.807) is 32.0 Å². The molecule has 1 aromatic heterocycles. The average molecular weight is 266 g/mol. The SMILES string of the molecule is Cc1cc(Cl)c(Nc2ccc(N)c(C)n2)cc1F. The van der Waals surface area contributed by atoms with Crippen molar-refractivity contribution < 1.29 is 4.39 Å². The van der Waals surface area contributed by atoms with Crippen LogP contribution in [0.2, 0.25) is 5.02 Å². The Morgan fingerprint density at radius 1 is 1.28 bits per heavy atom. The van der Waals surface area contributed by atoms with Crippen LogP contribution >= 0.6 is 11.6 Å². The monoisotopic (exact) mass is 265 g/mol. The number of benzene rings is 1. The average Bonchev–Trinajstić information content (AvgIpc) is 2.31. The van der Waals surface area contributed by atoms with E-state index < -0.39 is 0 Å². The van der Waals surface area contributed by atoms with E-state index >= 15 is 0 Å². The summed E-state index contributed by atoms with van der Waals surface area (Å²) in [5.41, 5.74) is 7.99. The highest BCUT2D eigenvalue weighted by atomic mass is 35.5. The highest BCUT2D eigenvalue weighted by Crippen LogP contribution is 2.28. The summed E-state index contributed by atoms with van der Waals surface area (Å²) >= 11 is 6.04. The second-order valence-corrected chi connectivity index (χ2v) is 4.48. The van der Waals surface area contributed by atoms with Crippen LogP contribution in [0.25, 0.3) is 0 Å². The van der Waals surface area contributed by atoms with Gasteiger partial charge in [0.05, 0.1) is 22.1 Å². The van der Waals surface area contributed by atoms with Crippen LogP contribution < -0.4 is 11.1 Å². The van der Waals surface area contributed by atoms with E-state index in [4.69, 9.17) is 17.3 Å². The van der Waals surface area contributed by atoms with Gasteiger partial charge >= 0.3 is 0 Å². The van der Waals surface area contributed by atoms with Gasteiger partial charge in [-0.3, -0.25) is 0 Å². The minimum Gasteiger partial charge on any atom is -0.397 e. The molecule has 0 aliphatic carbocycles. The van der Waals surface area contributed by atoms with E-state index in [0.29, 0.717) is 33.5 Å². The maximum Gasteiger partial charge on any atom is 0.130 e. The molecule has 5 heteroatoms. The fourth-order valence-electron chi connectivity index (χ4n) is 1.52. The Labute approximate surface area is 110 Å². The number of aromatic nitrogens is 1. The van der Waals surface area contributed by atoms with Crippen LogP contribution in [0.5, 0.6) is 0 Å². The van der Waals surface area contributed by atoms with Crippen molar-refractivity contribution in [1.29, 1.82) is 0 Å². The van der Waals surface area contributed by atoms with Gasteiger partial charge in [0.15, 0.2) is 0 Å². The van der Waals surface area contributed by atoms with E-state index in [0.717, 1.165) is 0 Å². The molecule has 0 unspecified atom stereocenters. The zero-order valence-corrected chi connectivity index (χ0v) is 10.8. The number of nitrogen functional groups attached to an aromatic ring is 1. The largest absolute Gasteiger partial charge is 0.397 e. The highest BCUT2D eigenvalue weighted by Gasteiger charge is 2.07. The molecule has 0 amide bonds. The van der Waals surface area contributed by atoms with Crippen molar-refractivity contribution in [3.63, 3.8) is 0 Å². The Balaban J connectivity index is 2.34. The molecule has 0 fully saturated rings. The summed E-state index contributed by atoms with van der Waals surface area (Å²) in [7, 11) is 0. The highest BCUT2D eigenvalue weighted by molar-refractivity contribution is 6.33. The normalized spacial score (nSPS) is 10.4. The first-order valence-corrected chi connectivity index (χ1v) is 5.81. The number of rotatable bonds is 2. The number of nitrogens with zero attached hydrogens (tertiary/aromatic N) is 1. The van der Waals surface area contributed by atoms with Gasteiger partial charge in [-0.25, -0.2) is 9.37 Å². The van der Waals surface area contributed by atoms with Crippen LogP contribution in [0.1, 0.15) is 11.3 Å². The second-order valence-electron chi connectivity index (χ2n) is 4.08. The first kappa shape index (κ1) is 12.6. The molecular formula is C13H13ClFN3. The standard InChI is InChI=1S/C13H13ClFN3/c1-7-5-9(14)12(6-10(7)15)18-13-4-3-11(16)8(2)17-13/h3-6H,16H2,1-2H3,(H,17,18). The first-order valence-electron chi connectivity index (χ1n) is 5.43. The Kier molecular flexibility index (Phi) is 3.39. The number of nitrogens with two attached hydrogens (primary N) is 1. The minimum atomic E-state index is -0.311. The zero-order valence-electron chi connectivity index (χ0n) is 10.1. The topological polar surface area (TPSA) is 50.9 Å². The van der Waals surface area contributed by atoms with Crippen molar-refractivity contribution in [2.45, 2.75) is 13.8 Å². The van der Waals surface area contributed by atoms with Gasteiger partial charge in [0.2, 0.25) is 0 Å². The molecule has 0 aliphatic rings. The minimum absolute atomic E-state index is 0.311. The van der Waals surface area contributed by atoms with Crippen molar-refractivity contribution in [2.75, 3.05) is 11.1 Å². The third kappa shape index (κ3) is 2.54. The summed E-state index contributed by atoms with van der Waals surface area (Å²) in [6.45, 7) is 3.47. The van der Waals surface area contributed by atoms with Crippen LogP contribution in [0.3, 0.4) is 0 Å². The molecule has 18 heavy (non-hydrogen) atoms. The molecular weight excluding hydrogens is 253 g/mol. The Hall–Kier alpha value is -1.81. The lowest BCUT2D eigenvalue weighted by Crippen LogP contribution is -1.99. The number of hydrogen-bond donors (Lipinski definition) is 2. The van der Waals surface area contributed by atoms with E-state index in [-0.39, 0.29) is 5.82 Å². The van der Waals surface area contributed by atoms with Crippen LogP contribution in [-0.2, 0) is 0 Å². The Morgan fingerprint density at radius 3 is 2.67 bits per heavy atom. The quantitative estimate of drug-likeness (QED) is 0.868. The molecule has 0 bridgehead atoms. The summed E-state index contributed by atoms with van der Waals surface area (Å²) in [5.74, 6) is 0.265. The Morgan fingerprint density at radius 2 is 2.00 bits per heavy atom. The molecule has 3 nitrogen and oxygen atoms in total. The van der Waals surface area contributed by atoms with Crippen molar-refractivity contribution in [3.05, 3.63) is 46.4 Å². The smallest absolute Gasteiger partial charge is 0.130 e. The fourth-order valence-corrected chi connectivity index (χ4v) is 1.79. The number of nitrogens with one attached hydrogen (secondary N) is 1. The molecule has 1 aromatic carbocycles. The molecule has 3 N–H and O–H groups in total. The van der Waals surface area contributed by atoms with Gasteiger partial charge in [-0.2, -0.15) is 0 Å². The van der Waals surface area contributed by atoms with Gasteiger partial charge in [-0.1, -0.05) is 11.6 Å². The number of hydrogen-bond acceptors (Lipinski definition) is 3. The molecule has 0 saturated carbocycles. The summed E-state index contributed by atoms with van der Waals surface area (Å²) in [4.78, 5) is 4.24. The van der Waals surface area contributed by atoms with Crippen LogP contribution in [0.15, 0.2) is 24.3 Å². The third-order valence-electron chi connectivity index (χ3n) is 2.64. The maximum atomic E-state index is 13.5. The van der Waals surface area contributed by atoms with Crippen molar-refractivity contribution in [3.8, 4) is 0 Å². The molecule has 0 radical (unpaired) electrons.